The van der Waals surface area contributed by atoms with Crippen molar-refractivity contribution in [1.82, 2.24) is 24.7 Å². The first-order valence-electron chi connectivity index (χ1n) is 6.71. The van der Waals surface area contributed by atoms with Crippen LogP contribution in [-0.2, 0) is 11.8 Å². The topological polar surface area (TPSA) is 69.0 Å². The number of nitrogens with zero attached hydrogens (tertiary/aromatic N) is 6. The minimum Gasteiger partial charge on any atom is -0.367 e. The number of thiazole rings is 1. The van der Waals surface area contributed by atoms with Crippen LogP contribution in [0.15, 0.2) is 24.1 Å². The maximum atomic E-state index is 5.83. The Bertz CT molecular complexity index is 755. The Balaban J connectivity index is 1.68. The second kappa shape index (κ2) is 5.05. The molecule has 3 aromatic heterocycles. The summed E-state index contributed by atoms with van der Waals surface area (Å²) in [6.07, 6.45) is 5.22. The van der Waals surface area contributed by atoms with Gasteiger partial charge in [0.2, 0.25) is 0 Å². The normalized spacial score (nSPS) is 19.3. The number of aryl methyl sites for hydroxylation is 1. The molecule has 3 aromatic rings. The van der Waals surface area contributed by atoms with E-state index in [0.29, 0.717) is 6.61 Å². The summed E-state index contributed by atoms with van der Waals surface area (Å²) in [5.41, 5.74) is 0.845. The summed E-state index contributed by atoms with van der Waals surface area (Å²) in [6.45, 7) is 2.22. The van der Waals surface area contributed by atoms with E-state index in [0.717, 1.165) is 34.9 Å². The molecule has 8 heteroatoms. The van der Waals surface area contributed by atoms with Gasteiger partial charge in [0.25, 0.3) is 0 Å². The minimum absolute atomic E-state index is 0.000404. The molecule has 4 heterocycles. The molecule has 4 rings (SSSR count). The van der Waals surface area contributed by atoms with Crippen LogP contribution in [0, 0.1) is 0 Å². The van der Waals surface area contributed by atoms with Gasteiger partial charge in [-0.15, -0.1) is 11.3 Å². The third-order valence-electron chi connectivity index (χ3n) is 3.60. The van der Waals surface area contributed by atoms with Crippen LogP contribution >= 0.6 is 11.3 Å². The van der Waals surface area contributed by atoms with Gasteiger partial charge >= 0.3 is 0 Å². The van der Waals surface area contributed by atoms with Crippen molar-refractivity contribution >= 4 is 28.2 Å². The van der Waals surface area contributed by atoms with Gasteiger partial charge in [-0.3, -0.25) is 4.68 Å². The first-order chi connectivity index (χ1) is 10.3. The Morgan fingerprint density at radius 1 is 1.33 bits per heavy atom. The molecule has 0 N–H and O–H groups in total. The van der Waals surface area contributed by atoms with Crippen LogP contribution in [0.4, 0.5) is 5.82 Å². The molecule has 1 unspecified atom stereocenters. The molecular formula is C13H14N6OS. The van der Waals surface area contributed by atoms with E-state index in [1.54, 1.807) is 22.3 Å². The van der Waals surface area contributed by atoms with E-state index in [9.17, 15) is 0 Å². The molecule has 1 saturated heterocycles. The molecule has 0 aromatic carbocycles. The maximum Gasteiger partial charge on any atom is 0.163 e. The van der Waals surface area contributed by atoms with Crippen LogP contribution in [0.2, 0.25) is 0 Å². The second-order valence-corrected chi connectivity index (χ2v) is 5.80. The van der Waals surface area contributed by atoms with E-state index in [1.165, 1.54) is 0 Å². The molecule has 0 radical (unpaired) electrons. The summed E-state index contributed by atoms with van der Waals surface area (Å²) in [4.78, 5) is 15.3. The second-order valence-electron chi connectivity index (χ2n) is 4.88. The third-order valence-corrected chi connectivity index (χ3v) is 4.47. The van der Waals surface area contributed by atoms with Crippen molar-refractivity contribution in [2.45, 2.75) is 6.10 Å². The van der Waals surface area contributed by atoms with Crippen LogP contribution in [0.3, 0.4) is 0 Å². The van der Waals surface area contributed by atoms with Gasteiger partial charge in [-0.25, -0.2) is 15.0 Å². The molecule has 0 bridgehead atoms. The smallest absolute Gasteiger partial charge is 0.163 e. The van der Waals surface area contributed by atoms with Crippen LogP contribution < -0.4 is 4.90 Å². The van der Waals surface area contributed by atoms with E-state index in [2.05, 4.69) is 25.0 Å². The molecule has 21 heavy (non-hydrogen) atoms. The van der Waals surface area contributed by atoms with Gasteiger partial charge in [0.15, 0.2) is 5.65 Å². The van der Waals surface area contributed by atoms with Crippen molar-refractivity contribution in [2.24, 2.45) is 7.05 Å². The number of morpholine rings is 1. The van der Waals surface area contributed by atoms with Crippen molar-refractivity contribution < 1.29 is 4.74 Å². The molecule has 1 atom stereocenters. The lowest BCUT2D eigenvalue weighted by Gasteiger charge is -2.32. The summed E-state index contributed by atoms with van der Waals surface area (Å²) < 4.78 is 7.60. The fraction of sp³-hybridized carbons (Fsp3) is 0.385. The highest BCUT2D eigenvalue weighted by molar-refractivity contribution is 7.09. The number of aromatic nitrogens is 5. The summed E-state index contributed by atoms with van der Waals surface area (Å²) in [7, 11) is 1.89. The largest absolute Gasteiger partial charge is 0.367 e. The molecule has 1 aliphatic rings. The Morgan fingerprint density at radius 2 is 2.29 bits per heavy atom. The van der Waals surface area contributed by atoms with Crippen molar-refractivity contribution in [3.63, 3.8) is 0 Å². The maximum absolute atomic E-state index is 5.83. The predicted octanol–water partition coefficient (Wildman–Crippen LogP) is 1.40. The SMILES string of the molecule is Cn1ncc2c(N3CCOC(c4nccs4)C3)ncnc21. The van der Waals surface area contributed by atoms with Crippen molar-refractivity contribution in [1.29, 1.82) is 0 Å². The molecular weight excluding hydrogens is 288 g/mol. The standard InChI is InChI=1S/C13H14N6OS/c1-18-11-9(6-17-18)12(16-8-15-11)19-3-4-20-10(7-19)13-14-2-5-21-13/h2,5-6,8,10H,3-4,7H2,1H3. The highest BCUT2D eigenvalue weighted by atomic mass is 32.1. The highest BCUT2D eigenvalue weighted by Crippen LogP contribution is 2.29. The van der Waals surface area contributed by atoms with Crippen LogP contribution in [0.5, 0.6) is 0 Å². The molecule has 0 aliphatic carbocycles. The molecule has 0 amide bonds. The zero-order valence-electron chi connectivity index (χ0n) is 11.5. The predicted molar refractivity (Wildman–Crippen MR) is 79.3 cm³/mol. The Hall–Kier alpha value is -2.06. The minimum atomic E-state index is 0.000404. The summed E-state index contributed by atoms with van der Waals surface area (Å²) >= 11 is 1.62. The van der Waals surface area contributed by atoms with Gasteiger partial charge < -0.3 is 9.64 Å². The number of hydrogen-bond donors (Lipinski definition) is 0. The van der Waals surface area contributed by atoms with E-state index in [-0.39, 0.29) is 6.10 Å². The lowest BCUT2D eigenvalue weighted by atomic mass is 10.2. The van der Waals surface area contributed by atoms with E-state index < -0.39 is 0 Å². The van der Waals surface area contributed by atoms with Gasteiger partial charge in [-0.2, -0.15) is 5.10 Å². The quantitative estimate of drug-likeness (QED) is 0.712. The Kier molecular flexibility index (Phi) is 3.04. The monoisotopic (exact) mass is 302 g/mol. The Morgan fingerprint density at radius 3 is 3.14 bits per heavy atom. The van der Waals surface area contributed by atoms with E-state index in [4.69, 9.17) is 4.74 Å². The van der Waals surface area contributed by atoms with Crippen LogP contribution in [0.25, 0.3) is 11.0 Å². The third kappa shape index (κ3) is 2.16. The summed E-state index contributed by atoms with van der Waals surface area (Å²) in [5, 5.41) is 8.22. The lowest BCUT2D eigenvalue weighted by molar-refractivity contribution is 0.0394. The summed E-state index contributed by atoms with van der Waals surface area (Å²) in [5.74, 6) is 0.915. The fourth-order valence-electron chi connectivity index (χ4n) is 2.59. The van der Waals surface area contributed by atoms with Crippen LogP contribution in [0.1, 0.15) is 11.1 Å². The van der Waals surface area contributed by atoms with Crippen molar-refractivity contribution in [2.75, 3.05) is 24.6 Å². The van der Waals surface area contributed by atoms with Gasteiger partial charge in [0, 0.05) is 25.2 Å². The van der Waals surface area contributed by atoms with E-state index in [1.807, 2.05) is 24.8 Å². The lowest BCUT2D eigenvalue weighted by Crippen LogP contribution is -2.39. The van der Waals surface area contributed by atoms with Crippen molar-refractivity contribution in [3.8, 4) is 0 Å². The van der Waals surface area contributed by atoms with Gasteiger partial charge in [-0.1, -0.05) is 0 Å². The summed E-state index contributed by atoms with van der Waals surface area (Å²) in [6, 6.07) is 0. The van der Waals surface area contributed by atoms with E-state index >= 15 is 0 Å². The molecule has 7 nitrogen and oxygen atoms in total. The van der Waals surface area contributed by atoms with Gasteiger partial charge in [-0.05, 0) is 0 Å². The molecule has 108 valence electrons. The number of hydrogen-bond acceptors (Lipinski definition) is 7. The highest BCUT2D eigenvalue weighted by Gasteiger charge is 2.26. The number of rotatable bonds is 2. The number of fused-ring (bicyclic) bond motifs is 1. The average Bonchev–Trinajstić information content (AvgIpc) is 3.18. The molecule has 1 fully saturated rings. The first kappa shape index (κ1) is 12.7. The fourth-order valence-corrected chi connectivity index (χ4v) is 3.26. The molecule has 1 aliphatic heterocycles. The van der Waals surface area contributed by atoms with Crippen molar-refractivity contribution in [3.05, 3.63) is 29.1 Å². The molecule has 0 spiro atoms. The van der Waals surface area contributed by atoms with Gasteiger partial charge in [0.1, 0.15) is 23.3 Å². The number of anilines is 1. The Labute approximate surface area is 125 Å². The van der Waals surface area contributed by atoms with Crippen LogP contribution in [-0.4, -0.2) is 44.4 Å². The zero-order valence-corrected chi connectivity index (χ0v) is 12.3. The number of ether oxygens (including phenoxy) is 1. The van der Waals surface area contributed by atoms with Gasteiger partial charge in [0.05, 0.1) is 24.7 Å². The average molecular weight is 302 g/mol. The molecule has 0 saturated carbocycles. The zero-order chi connectivity index (χ0) is 14.2. The first-order valence-corrected chi connectivity index (χ1v) is 7.59.